The molecule has 1 atom stereocenters. The van der Waals surface area contributed by atoms with Gasteiger partial charge in [-0.1, -0.05) is 0 Å². The number of fused-ring (bicyclic) bond motifs is 1. The molecule has 2 aliphatic rings. The lowest BCUT2D eigenvalue weighted by atomic mass is 9.98. The van der Waals surface area contributed by atoms with Crippen molar-refractivity contribution in [3.8, 4) is 0 Å². The van der Waals surface area contributed by atoms with Gasteiger partial charge in [0.1, 0.15) is 17.5 Å². The average Bonchev–Trinajstić information content (AvgIpc) is 2.88. The van der Waals surface area contributed by atoms with Gasteiger partial charge in [-0.05, 0) is 62.9 Å². The first-order valence-electron chi connectivity index (χ1n) is 12.6. The van der Waals surface area contributed by atoms with E-state index in [1.807, 2.05) is 11.8 Å². The van der Waals surface area contributed by atoms with Gasteiger partial charge in [0.25, 0.3) is 5.56 Å². The van der Waals surface area contributed by atoms with Crippen LogP contribution < -0.4 is 15.8 Å². The molecule has 36 heavy (non-hydrogen) atoms. The lowest BCUT2D eigenvalue weighted by Gasteiger charge is -2.33. The number of piperidine rings is 1. The second-order valence-electron chi connectivity index (χ2n) is 9.86. The smallest absolute Gasteiger partial charge is 0.261 e. The molecule has 0 radical (unpaired) electrons. The zero-order chi connectivity index (χ0) is 25.4. The molecule has 2 aliphatic heterocycles. The minimum Gasteiger partial charge on any atom is -0.393 e. The van der Waals surface area contributed by atoms with Crippen LogP contribution in [-0.2, 0) is 11.8 Å². The van der Waals surface area contributed by atoms with Crippen LogP contribution in [0.2, 0.25) is 0 Å². The number of hydrogen-bond acceptors (Lipinski definition) is 6. The standard InChI is InChI=1S/C27H32F2N4O3/c1-16(30-23-4-3-18(28)15-24(23)33-9-5-20(34)6-10-33)21-13-19(29)14-22-25(21)31-26(32(2)27(22)35)17-7-11-36-12-8-17/h3-4,13-17,20,30,34H,5-12H2,1-2H3/t16-/m1/s1. The van der Waals surface area contributed by atoms with E-state index in [-0.39, 0.29) is 28.8 Å². The van der Waals surface area contributed by atoms with Crippen molar-refractivity contribution in [3.05, 3.63) is 63.7 Å². The van der Waals surface area contributed by atoms with E-state index in [9.17, 15) is 18.7 Å². The summed E-state index contributed by atoms with van der Waals surface area (Å²) in [7, 11) is 1.69. The number of halogens is 2. The van der Waals surface area contributed by atoms with E-state index < -0.39 is 11.9 Å². The Morgan fingerprint density at radius 2 is 1.81 bits per heavy atom. The number of hydrogen-bond donors (Lipinski definition) is 2. The topological polar surface area (TPSA) is 79.6 Å². The molecule has 2 saturated heterocycles. The molecule has 5 rings (SSSR count). The lowest BCUT2D eigenvalue weighted by Crippen LogP contribution is -2.36. The Morgan fingerprint density at radius 1 is 1.08 bits per heavy atom. The van der Waals surface area contributed by atoms with Crippen molar-refractivity contribution in [2.45, 2.75) is 50.7 Å². The fraction of sp³-hybridized carbons (Fsp3) is 0.481. The minimum atomic E-state index is -0.506. The third-order valence-corrected chi connectivity index (χ3v) is 7.40. The first kappa shape index (κ1) is 24.6. The second kappa shape index (κ2) is 10.1. The van der Waals surface area contributed by atoms with Gasteiger partial charge < -0.3 is 20.1 Å². The molecule has 0 spiro atoms. The summed E-state index contributed by atoms with van der Waals surface area (Å²) in [4.78, 5) is 20.2. The van der Waals surface area contributed by atoms with Crippen LogP contribution in [0.5, 0.6) is 0 Å². The van der Waals surface area contributed by atoms with Crippen molar-refractivity contribution in [2.24, 2.45) is 7.05 Å². The summed E-state index contributed by atoms with van der Waals surface area (Å²) in [5, 5.41) is 13.5. The molecule has 2 fully saturated rings. The number of rotatable bonds is 5. The number of benzene rings is 2. The molecule has 192 valence electrons. The number of nitrogens with one attached hydrogen (secondary N) is 1. The number of aromatic nitrogens is 2. The van der Waals surface area contributed by atoms with Crippen LogP contribution in [0.15, 0.2) is 35.1 Å². The van der Waals surface area contributed by atoms with Crippen LogP contribution in [-0.4, -0.2) is 47.1 Å². The fourth-order valence-corrected chi connectivity index (χ4v) is 5.34. The van der Waals surface area contributed by atoms with Crippen LogP contribution in [0.4, 0.5) is 20.2 Å². The highest BCUT2D eigenvalue weighted by molar-refractivity contribution is 5.82. The lowest BCUT2D eigenvalue weighted by molar-refractivity contribution is 0.0828. The molecule has 7 nitrogen and oxygen atoms in total. The van der Waals surface area contributed by atoms with E-state index in [4.69, 9.17) is 9.72 Å². The van der Waals surface area contributed by atoms with E-state index in [0.29, 0.717) is 67.4 Å². The van der Waals surface area contributed by atoms with E-state index in [1.54, 1.807) is 13.1 Å². The monoisotopic (exact) mass is 498 g/mol. The molecule has 3 heterocycles. The van der Waals surface area contributed by atoms with Crippen LogP contribution in [0, 0.1) is 11.6 Å². The maximum Gasteiger partial charge on any atom is 0.261 e. The molecular formula is C27H32F2N4O3. The highest BCUT2D eigenvalue weighted by Crippen LogP contribution is 2.34. The summed E-state index contributed by atoms with van der Waals surface area (Å²) < 4.78 is 35.9. The molecule has 0 unspecified atom stereocenters. The maximum absolute atomic E-state index is 14.7. The summed E-state index contributed by atoms with van der Waals surface area (Å²) in [6.45, 7) is 4.35. The van der Waals surface area contributed by atoms with Crippen molar-refractivity contribution in [1.29, 1.82) is 0 Å². The Kier molecular flexibility index (Phi) is 6.94. The van der Waals surface area contributed by atoms with E-state index in [1.165, 1.54) is 28.8 Å². The molecule has 0 amide bonds. The molecule has 3 aromatic rings. The molecule has 2 N–H and O–H groups in total. The summed E-state index contributed by atoms with van der Waals surface area (Å²) in [6.07, 6.45) is 2.44. The van der Waals surface area contributed by atoms with Crippen molar-refractivity contribution < 1.29 is 18.6 Å². The van der Waals surface area contributed by atoms with Gasteiger partial charge in [-0.25, -0.2) is 13.8 Å². The largest absolute Gasteiger partial charge is 0.393 e. The van der Waals surface area contributed by atoms with Gasteiger partial charge >= 0.3 is 0 Å². The molecule has 0 bridgehead atoms. The van der Waals surface area contributed by atoms with E-state index in [0.717, 1.165) is 12.8 Å². The predicted molar refractivity (Wildman–Crippen MR) is 136 cm³/mol. The summed E-state index contributed by atoms with van der Waals surface area (Å²) in [5.74, 6) is -0.0737. The first-order valence-corrected chi connectivity index (χ1v) is 12.6. The van der Waals surface area contributed by atoms with Gasteiger partial charge in [-0.2, -0.15) is 0 Å². The van der Waals surface area contributed by atoms with Gasteiger partial charge in [0.05, 0.1) is 34.4 Å². The molecule has 0 aliphatic carbocycles. The normalized spacial score (nSPS) is 18.5. The Morgan fingerprint density at radius 3 is 2.53 bits per heavy atom. The van der Waals surface area contributed by atoms with Crippen LogP contribution in [0.25, 0.3) is 10.9 Å². The maximum atomic E-state index is 14.7. The third kappa shape index (κ3) is 4.82. The predicted octanol–water partition coefficient (Wildman–Crippen LogP) is 4.24. The average molecular weight is 499 g/mol. The van der Waals surface area contributed by atoms with Crippen molar-refractivity contribution >= 4 is 22.3 Å². The van der Waals surface area contributed by atoms with E-state index >= 15 is 0 Å². The van der Waals surface area contributed by atoms with Crippen LogP contribution in [0.1, 0.15) is 56.0 Å². The molecule has 0 saturated carbocycles. The van der Waals surface area contributed by atoms with Crippen LogP contribution in [0.3, 0.4) is 0 Å². The summed E-state index contributed by atoms with van der Waals surface area (Å²) in [6, 6.07) is 6.79. The third-order valence-electron chi connectivity index (χ3n) is 7.40. The minimum absolute atomic E-state index is 0.0974. The number of ether oxygens (including phenoxy) is 1. The van der Waals surface area contributed by atoms with Crippen molar-refractivity contribution in [2.75, 3.05) is 36.5 Å². The number of aliphatic hydroxyl groups is 1. The SMILES string of the molecule is C[C@@H](Nc1ccc(F)cc1N1CCC(O)CC1)c1cc(F)cc2c(=O)n(C)c(C3CCOCC3)nc12. The number of aliphatic hydroxyl groups excluding tert-OH is 1. The van der Waals surface area contributed by atoms with Crippen LogP contribution >= 0.6 is 0 Å². The number of nitrogens with zero attached hydrogens (tertiary/aromatic N) is 3. The van der Waals surface area contributed by atoms with Crippen molar-refractivity contribution in [3.63, 3.8) is 0 Å². The first-order chi connectivity index (χ1) is 17.3. The Balaban J connectivity index is 1.54. The highest BCUT2D eigenvalue weighted by atomic mass is 19.1. The second-order valence-corrected chi connectivity index (χ2v) is 9.86. The Labute approximate surface area is 208 Å². The summed E-state index contributed by atoms with van der Waals surface area (Å²) in [5.41, 5.74) is 2.17. The van der Waals surface area contributed by atoms with E-state index in [2.05, 4.69) is 5.32 Å². The molecule has 9 heteroatoms. The van der Waals surface area contributed by atoms with Gasteiger partial charge in [0.15, 0.2) is 0 Å². The quantitative estimate of drug-likeness (QED) is 0.548. The van der Waals surface area contributed by atoms with Gasteiger partial charge in [0.2, 0.25) is 0 Å². The highest BCUT2D eigenvalue weighted by Gasteiger charge is 2.25. The van der Waals surface area contributed by atoms with Gasteiger partial charge in [-0.15, -0.1) is 0 Å². The molecular weight excluding hydrogens is 466 g/mol. The Bertz CT molecular complexity index is 1310. The van der Waals surface area contributed by atoms with Crippen molar-refractivity contribution in [1.82, 2.24) is 9.55 Å². The number of anilines is 2. The molecule has 2 aromatic carbocycles. The Hall–Kier alpha value is -3.04. The van der Waals surface area contributed by atoms with Gasteiger partial charge in [-0.3, -0.25) is 9.36 Å². The zero-order valence-corrected chi connectivity index (χ0v) is 20.6. The molecule has 1 aromatic heterocycles. The zero-order valence-electron chi connectivity index (χ0n) is 20.6. The van der Waals surface area contributed by atoms with Gasteiger partial charge in [0, 0.05) is 44.8 Å². The fourth-order valence-electron chi connectivity index (χ4n) is 5.34. The summed E-state index contributed by atoms with van der Waals surface area (Å²) >= 11 is 0.